The zero-order valence-corrected chi connectivity index (χ0v) is 24.1. The lowest BCUT2D eigenvalue weighted by Crippen LogP contribution is -2.45. The van der Waals surface area contributed by atoms with E-state index in [0.29, 0.717) is 40.2 Å². The predicted octanol–water partition coefficient (Wildman–Crippen LogP) is 9.78. The normalized spacial score (nSPS) is 24.4. The van der Waals surface area contributed by atoms with E-state index < -0.39 is 75.2 Å². The largest absolute Gasteiger partial charge is 0.454 e. The van der Waals surface area contributed by atoms with Crippen LogP contribution >= 0.6 is 11.6 Å². The van der Waals surface area contributed by atoms with Gasteiger partial charge in [-0.1, -0.05) is 93.1 Å². The number of rotatable bonds is 16. The summed E-state index contributed by atoms with van der Waals surface area (Å²) in [5.41, 5.74) is 0.285. The van der Waals surface area contributed by atoms with Crippen molar-refractivity contribution in [1.29, 1.82) is 0 Å². The maximum absolute atomic E-state index is 14.0. The fraction of sp³-hybridized carbons (Fsp3) is 0.459. The van der Waals surface area contributed by atoms with Gasteiger partial charge < -0.3 is 9.64 Å². The number of likely N-dealkylation sites (tertiary alicyclic amines) is 1. The first-order chi connectivity index (χ1) is 28.1. The van der Waals surface area contributed by atoms with Crippen LogP contribution in [-0.4, -0.2) is 36.3 Å². The topological polar surface area (TPSA) is 46.6 Å². The summed E-state index contributed by atoms with van der Waals surface area (Å²) in [6.07, 6.45) is -35.5. The highest BCUT2D eigenvalue weighted by Crippen LogP contribution is 2.38. The highest BCUT2D eigenvalue weighted by Gasteiger charge is 2.39. The van der Waals surface area contributed by atoms with Gasteiger partial charge in [0.05, 0.1) is 0 Å². The van der Waals surface area contributed by atoms with E-state index in [2.05, 4.69) is 0 Å². The van der Waals surface area contributed by atoms with E-state index in [1.165, 1.54) is 24.3 Å². The number of hydrogen-bond donors (Lipinski definition) is 0. The summed E-state index contributed by atoms with van der Waals surface area (Å²) >= 11 is 6.17. The van der Waals surface area contributed by atoms with Crippen LogP contribution in [-0.2, 0) is 15.1 Å². The number of benzene rings is 3. The lowest BCUT2D eigenvalue weighted by Gasteiger charge is -2.41. The second kappa shape index (κ2) is 16.7. The van der Waals surface area contributed by atoms with Crippen LogP contribution in [0.15, 0.2) is 72.8 Å². The Morgan fingerprint density at radius 3 is 2.33 bits per heavy atom. The fourth-order valence-corrected chi connectivity index (χ4v) is 5.10. The molecule has 0 N–H and O–H groups in total. The minimum absolute atomic E-state index is 0.0582. The van der Waals surface area contributed by atoms with Crippen LogP contribution in [0.5, 0.6) is 0 Å². The van der Waals surface area contributed by atoms with E-state index >= 15 is 0 Å². The third-order valence-electron chi connectivity index (χ3n) is 7.10. The summed E-state index contributed by atoms with van der Waals surface area (Å²) in [4.78, 5) is 28.6. The van der Waals surface area contributed by atoms with Crippen molar-refractivity contribution in [1.82, 2.24) is 4.90 Å². The number of esters is 1. The number of halogens is 2. The van der Waals surface area contributed by atoms with Crippen molar-refractivity contribution in [3.05, 3.63) is 94.8 Å². The summed E-state index contributed by atoms with van der Waals surface area (Å²) in [6, 6.07) is 18.4. The molecule has 3 aromatic carbocycles. The Morgan fingerprint density at radius 1 is 0.930 bits per heavy atom. The second-order valence-corrected chi connectivity index (χ2v) is 10.3. The zero-order valence-electron chi connectivity index (χ0n) is 42.3. The molecule has 1 heterocycles. The molecule has 0 saturated carbocycles. The standard InChI is InChI=1S/C37H45ClFNO3/c1-2-3-4-5-6-7-8-14-36(42)43-37(32-19-15-29(16-20-32)31-11-9-12-33(38)28-31)23-26-40(27-24-37)25-10-13-35(41)30-17-21-34(39)22-18-30/h9,11-12,15-22,28H,2-8,10,13-14,23-27H2,1H3/i1D3,2D2,3D2,4D2,5D2,6D2,7D2,8D2,14D2. The van der Waals surface area contributed by atoms with Gasteiger partial charge in [0.15, 0.2) is 5.78 Å². The van der Waals surface area contributed by atoms with Crippen molar-refractivity contribution >= 4 is 23.4 Å². The molecule has 0 bridgehead atoms. The highest BCUT2D eigenvalue weighted by molar-refractivity contribution is 6.30. The minimum atomic E-state index is -4.67. The molecule has 0 radical (unpaired) electrons. The van der Waals surface area contributed by atoms with Gasteiger partial charge in [0, 0.05) is 75.4 Å². The van der Waals surface area contributed by atoms with E-state index in [0.717, 1.165) is 0 Å². The van der Waals surface area contributed by atoms with Crippen LogP contribution in [0.4, 0.5) is 4.39 Å². The molecule has 0 aromatic heterocycles. The molecule has 4 rings (SSSR count). The van der Waals surface area contributed by atoms with Crippen LogP contribution in [0.2, 0.25) is 5.02 Å². The van der Waals surface area contributed by atoms with E-state index in [1.54, 1.807) is 48.5 Å². The second-order valence-electron chi connectivity index (χ2n) is 9.85. The number of Topliss-reactive ketones (excluding diaryl/α,β-unsaturated/α-hetero) is 1. The van der Waals surface area contributed by atoms with Gasteiger partial charge in [-0.25, -0.2) is 4.39 Å². The SMILES string of the molecule is [2H]C([2H])([2H])C([2H])([2H])C([2H])([2H])C([2H])([2H])C([2H])([2H])C([2H])([2H])C([2H])([2H])C([2H])([2H])C([2H])([2H])C(=O)OC1(c2ccc(-c3cccc(Cl)c3)cc2)CCN(CCCC(=O)c2ccc(F)cc2)CC1. The van der Waals surface area contributed by atoms with Gasteiger partial charge in [0.2, 0.25) is 0 Å². The average molecular weight is 625 g/mol. The number of ether oxygens (including phenoxy) is 1. The summed E-state index contributed by atoms with van der Waals surface area (Å²) in [5.74, 6) is -2.77. The molecule has 0 unspecified atom stereocenters. The lowest BCUT2D eigenvalue weighted by molar-refractivity contribution is -0.167. The maximum atomic E-state index is 14.0. The number of ketones is 1. The first-order valence-corrected chi connectivity index (χ1v) is 14.0. The molecule has 0 amide bonds. The molecule has 0 spiro atoms. The molecule has 230 valence electrons. The quantitative estimate of drug-likeness (QED) is 0.118. The molecule has 0 aliphatic carbocycles. The number of nitrogens with zero attached hydrogens (tertiary/aromatic N) is 1. The third kappa shape index (κ3) is 10.0. The lowest BCUT2D eigenvalue weighted by atomic mass is 9.83. The van der Waals surface area contributed by atoms with E-state index in [4.69, 9.17) is 42.4 Å². The minimum Gasteiger partial charge on any atom is -0.454 e. The van der Waals surface area contributed by atoms with Gasteiger partial charge in [0.25, 0.3) is 0 Å². The number of carbonyl (C=O) groups excluding carboxylic acids is 2. The van der Waals surface area contributed by atoms with Crippen molar-refractivity contribution in [3.63, 3.8) is 0 Å². The van der Waals surface area contributed by atoms with Crippen molar-refractivity contribution in [3.8, 4) is 11.1 Å². The van der Waals surface area contributed by atoms with Gasteiger partial charge in [-0.15, -0.1) is 0 Å². The van der Waals surface area contributed by atoms with Crippen LogP contribution < -0.4 is 0 Å². The number of carbonyl (C=O) groups is 2. The van der Waals surface area contributed by atoms with Gasteiger partial charge in [0.1, 0.15) is 11.4 Å². The summed E-state index contributed by atoms with van der Waals surface area (Å²) in [6.45, 7) is -3.24. The predicted molar refractivity (Wildman–Crippen MR) is 173 cm³/mol. The number of piperidine rings is 1. The Balaban J connectivity index is 1.66. The molecule has 43 heavy (non-hydrogen) atoms. The Morgan fingerprint density at radius 2 is 1.63 bits per heavy atom. The van der Waals surface area contributed by atoms with Gasteiger partial charge in [-0.3, -0.25) is 9.59 Å². The van der Waals surface area contributed by atoms with Crippen molar-refractivity contribution < 1.29 is 44.8 Å². The monoisotopic (exact) mass is 624 g/mol. The van der Waals surface area contributed by atoms with Crippen LogP contribution in [0, 0.1) is 5.82 Å². The molecular weight excluding hydrogens is 561 g/mol. The van der Waals surface area contributed by atoms with E-state index in [9.17, 15) is 14.0 Å². The zero-order chi connectivity index (χ0) is 47.3. The average Bonchev–Trinajstić information content (AvgIpc) is 3.17. The van der Waals surface area contributed by atoms with Gasteiger partial charge in [-0.2, -0.15) is 0 Å². The van der Waals surface area contributed by atoms with Gasteiger partial charge in [-0.05, 0) is 72.4 Å². The highest BCUT2D eigenvalue weighted by atomic mass is 35.5. The Labute approximate surface area is 288 Å². The Kier molecular flexibility index (Phi) is 6.15. The smallest absolute Gasteiger partial charge is 0.306 e. The molecule has 1 aliphatic heterocycles. The first kappa shape index (κ1) is 15.8. The summed E-state index contributed by atoms with van der Waals surface area (Å²) in [5, 5.41) is 0.448. The molecule has 3 aromatic rings. The molecule has 1 aliphatic rings. The van der Waals surface area contributed by atoms with E-state index in [-0.39, 0.29) is 38.1 Å². The maximum Gasteiger partial charge on any atom is 0.306 e. The summed E-state index contributed by atoms with van der Waals surface area (Å²) < 4.78 is 174. The molecule has 6 heteroatoms. The molecule has 4 nitrogen and oxygen atoms in total. The Bertz CT molecular complexity index is 2090. The fourth-order valence-electron chi connectivity index (χ4n) is 4.91. The number of hydrogen-bond acceptors (Lipinski definition) is 4. The van der Waals surface area contributed by atoms with Crippen LogP contribution in [0.3, 0.4) is 0 Å². The molecule has 1 saturated heterocycles. The van der Waals surface area contributed by atoms with Crippen molar-refractivity contribution in [2.75, 3.05) is 19.6 Å². The molecule has 1 fully saturated rings. The molecular formula is C37H45ClFNO3. The van der Waals surface area contributed by atoms with E-state index in [1.807, 2.05) is 4.90 Å². The third-order valence-corrected chi connectivity index (χ3v) is 7.34. The first-order valence-electron chi connectivity index (χ1n) is 23.2. The van der Waals surface area contributed by atoms with Crippen molar-refractivity contribution in [2.45, 2.75) is 89.1 Å². The van der Waals surface area contributed by atoms with Gasteiger partial charge >= 0.3 is 5.97 Å². The van der Waals surface area contributed by atoms with Crippen LogP contribution in [0.25, 0.3) is 11.1 Å². The molecule has 0 atom stereocenters. The Hall–Kier alpha value is -3.02. The summed E-state index contributed by atoms with van der Waals surface area (Å²) in [7, 11) is 0. The van der Waals surface area contributed by atoms with Crippen LogP contribution in [0.1, 0.15) is 125 Å². The van der Waals surface area contributed by atoms with Crippen molar-refractivity contribution in [2.24, 2.45) is 0 Å².